The molecule has 3 atom stereocenters. The number of carbonyl (C=O) groups excluding carboxylic acids is 4. The first-order valence-corrected chi connectivity index (χ1v) is 16.4. The normalized spacial score (nSPS) is 17.3. The Kier molecular flexibility index (Phi) is 9.47. The molecule has 1 aliphatic carbocycles. The van der Waals surface area contributed by atoms with Crippen molar-refractivity contribution in [3.63, 3.8) is 0 Å². The maximum atomic E-state index is 14.8. The van der Waals surface area contributed by atoms with Gasteiger partial charge in [0.25, 0.3) is 5.91 Å². The van der Waals surface area contributed by atoms with Crippen LogP contribution in [0.4, 0.5) is 22.7 Å². The van der Waals surface area contributed by atoms with E-state index in [4.69, 9.17) is 5.73 Å². The summed E-state index contributed by atoms with van der Waals surface area (Å²) in [5.74, 6) is -2.18. The maximum Gasteiger partial charge on any atom is 0.256 e. The molecule has 3 amide bonds. The van der Waals surface area contributed by atoms with E-state index in [1.807, 2.05) is 84.6 Å². The molecule has 1 saturated carbocycles. The van der Waals surface area contributed by atoms with Gasteiger partial charge in [0.15, 0.2) is 5.78 Å². The molecule has 0 saturated heterocycles. The molecular weight excluding hydrogens is 588 g/mol. The number of hydrogen-bond donors (Lipinski definition) is 2. The number of nitrogens with one attached hydrogen (secondary N) is 1. The summed E-state index contributed by atoms with van der Waals surface area (Å²) in [6.45, 7) is 2.14. The zero-order chi connectivity index (χ0) is 32.9. The molecule has 1 aliphatic heterocycles. The molecule has 0 radical (unpaired) electrons. The highest BCUT2D eigenvalue weighted by molar-refractivity contribution is 6.12. The fourth-order valence-electron chi connectivity index (χ4n) is 6.58. The van der Waals surface area contributed by atoms with Crippen molar-refractivity contribution in [3.8, 4) is 0 Å². The molecular formula is C39H40N4O4. The summed E-state index contributed by atoms with van der Waals surface area (Å²) in [5.41, 5.74) is 9.60. The van der Waals surface area contributed by atoms with Crippen molar-refractivity contribution in [2.75, 3.05) is 16.3 Å². The molecule has 3 N–H and O–H groups in total. The summed E-state index contributed by atoms with van der Waals surface area (Å²) < 4.78 is 0. The highest BCUT2D eigenvalue weighted by Gasteiger charge is 2.41. The number of rotatable bonds is 12. The van der Waals surface area contributed by atoms with Crippen molar-refractivity contribution >= 4 is 46.3 Å². The summed E-state index contributed by atoms with van der Waals surface area (Å²) in [4.78, 5) is 58.6. The SMILES string of the molecule is CCC[C@H](C(N)=O)[C@@H](CC1CC1)C(=O)NC1CN(c2ccccc2)c2ccccc2N(c2cccc(C(=O)c3ccccc3)c2)C1=O. The predicted molar refractivity (Wildman–Crippen MR) is 184 cm³/mol. The van der Waals surface area contributed by atoms with Gasteiger partial charge in [-0.2, -0.15) is 0 Å². The van der Waals surface area contributed by atoms with E-state index in [0.29, 0.717) is 47.7 Å². The van der Waals surface area contributed by atoms with Crippen molar-refractivity contribution < 1.29 is 19.2 Å². The minimum Gasteiger partial charge on any atom is -0.369 e. The fourth-order valence-corrected chi connectivity index (χ4v) is 6.58. The Balaban J connectivity index is 1.42. The minimum atomic E-state index is -0.972. The van der Waals surface area contributed by atoms with Crippen LogP contribution in [0.2, 0.25) is 0 Å². The van der Waals surface area contributed by atoms with Crippen molar-refractivity contribution in [2.24, 2.45) is 23.5 Å². The number of carbonyl (C=O) groups is 4. The van der Waals surface area contributed by atoms with Crippen LogP contribution in [-0.2, 0) is 14.4 Å². The van der Waals surface area contributed by atoms with Crippen LogP contribution in [0.5, 0.6) is 0 Å². The van der Waals surface area contributed by atoms with Gasteiger partial charge in [-0.15, -0.1) is 0 Å². The second-order valence-electron chi connectivity index (χ2n) is 12.5. The Morgan fingerprint density at radius 3 is 2.06 bits per heavy atom. The number of anilines is 4. The van der Waals surface area contributed by atoms with E-state index in [9.17, 15) is 19.2 Å². The van der Waals surface area contributed by atoms with Gasteiger partial charge >= 0.3 is 0 Å². The predicted octanol–water partition coefficient (Wildman–Crippen LogP) is 6.54. The lowest BCUT2D eigenvalue weighted by atomic mass is 9.83. The summed E-state index contributed by atoms with van der Waals surface area (Å²) >= 11 is 0. The third kappa shape index (κ3) is 6.97. The number of benzene rings is 4. The number of hydrogen-bond acceptors (Lipinski definition) is 5. The van der Waals surface area contributed by atoms with Gasteiger partial charge in [-0.05, 0) is 55.2 Å². The van der Waals surface area contributed by atoms with Crippen molar-refractivity contribution in [3.05, 3.63) is 120 Å². The molecule has 1 unspecified atom stereocenters. The van der Waals surface area contributed by atoms with Gasteiger partial charge in [-0.3, -0.25) is 24.1 Å². The van der Waals surface area contributed by atoms with E-state index in [2.05, 4.69) is 5.32 Å². The number of ketones is 1. The number of primary amides is 1. The third-order valence-corrected chi connectivity index (χ3v) is 9.16. The first kappa shape index (κ1) is 31.7. The largest absolute Gasteiger partial charge is 0.369 e. The molecule has 0 spiro atoms. The van der Waals surface area contributed by atoms with Gasteiger partial charge in [-0.25, -0.2) is 0 Å². The zero-order valence-electron chi connectivity index (χ0n) is 26.5. The van der Waals surface area contributed by atoms with Gasteiger partial charge < -0.3 is 16.0 Å². The molecule has 47 heavy (non-hydrogen) atoms. The van der Waals surface area contributed by atoms with Crippen molar-refractivity contribution in [2.45, 2.75) is 45.1 Å². The molecule has 0 aromatic heterocycles. The van der Waals surface area contributed by atoms with E-state index in [0.717, 1.165) is 24.2 Å². The van der Waals surface area contributed by atoms with Crippen LogP contribution < -0.4 is 20.9 Å². The van der Waals surface area contributed by atoms with Gasteiger partial charge in [0.05, 0.1) is 17.9 Å². The average Bonchev–Trinajstić information content (AvgIpc) is 3.94. The highest BCUT2D eigenvalue weighted by atomic mass is 16.2. The molecule has 6 rings (SSSR count). The van der Waals surface area contributed by atoms with E-state index in [1.165, 1.54) is 0 Å². The lowest BCUT2D eigenvalue weighted by molar-refractivity contribution is -0.135. The number of nitrogens with zero attached hydrogens (tertiary/aromatic N) is 2. The van der Waals surface area contributed by atoms with E-state index < -0.39 is 23.8 Å². The summed E-state index contributed by atoms with van der Waals surface area (Å²) in [5, 5.41) is 3.09. The van der Waals surface area contributed by atoms with Gasteiger partial charge in [-0.1, -0.05) is 99.0 Å². The van der Waals surface area contributed by atoms with Crippen LogP contribution in [0.3, 0.4) is 0 Å². The smallest absolute Gasteiger partial charge is 0.256 e. The van der Waals surface area contributed by atoms with Gasteiger partial charge in [0.2, 0.25) is 11.8 Å². The molecule has 4 aromatic rings. The van der Waals surface area contributed by atoms with Crippen LogP contribution in [-0.4, -0.2) is 36.1 Å². The Morgan fingerprint density at radius 2 is 1.40 bits per heavy atom. The number of nitrogens with two attached hydrogens (primary N) is 1. The minimum absolute atomic E-state index is 0.157. The number of amides is 3. The Morgan fingerprint density at radius 1 is 0.787 bits per heavy atom. The van der Waals surface area contributed by atoms with E-state index in [1.54, 1.807) is 41.3 Å². The summed E-state index contributed by atoms with van der Waals surface area (Å²) in [6.07, 6.45) is 3.83. The first-order valence-electron chi connectivity index (χ1n) is 16.4. The highest BCUT2D eigenvalue weighted by Crippen LogP contribution is 2.42. The number of fused-ring (bicyclic) bond motifs is 1. The van der Waals surface area contributed by atoms with Crippen LogP contribution in [0, 0.1) is 17.8 Å². The zero-order valence-corrected chi connectivity index (χ0v) is 26.5. The fraction of sp³-hybridized carbons (Fsp3) is 0.282. The summed E-state index contributed by atoms with van der Waals surface area (Å²) in [6, 6.07) is 32.4. The van der Waals surface area contributed by atoms with Crippen LogP contribution in [0.15, 0.2) is 109 Å². The molecule has 4 aromatic carbocycles. The van der Waals surface area contributed by atoms with Gasteiger partial charge in [0, 0.05) is 34.3 Å². The number of para-hydroxylation sites is 3. The summed E-state index contributed by atoms with van der Waals surface area (Å²) in [7, 11) is 0. The van der Waals surface area contributed by atoms with Crippen LogP contribution >= 0.6 is 0 Å². The second kappa shape index (κ2) is 14.0. The maximum absolute atomic E-state index is 14.8. The third-order valence-electron chi connectivity index (χ3n) is 9.16. The van der Waals surface area contributed by atoms with Crippen molar-refractivity contribution in [1.29, 1.82) is 0 Å². The van der Waals surface area contributed by atoms with Crippen LogP contribution in [0.1, 0.15) is 54.9 Å². The lowest BCUT2D eigenvalue weighted by Crippen LogP contribution is -2.53. The standard InChI is InChI=1S/C39H40N4O4/c1-2-12-31(37(40)45)32(23-26-21-22-26)38(46)41-33-25-42(29-16-7-4-8-17-29)34-19-9-10-20-35(34)43(39(33)47)30-18-11-15-28(24-30)36(44)27-13-5-3-6-14-27/h3-11,13-20,24,26,31-33H,2,12,21-23,25H2,1H3,(H2,40,45)(H,41,46)/t31-,32+,33?/m0/s1. The Labute approximate surface area is 275 Å². The monoisotopic (exact) mass is 628 g/mol. The Bertz CT molecular complexity index is 1760. The van der Waals surface area contributed by atoms with Crippen LogP contribution in [0.25, 0.3) is 0 Å². The van der Waals surface area contributed by atoms with E-state index >= 15 is 0 Å². The lowest BCUT2D eigenvalue weighted by Gasteiger charge is -2.29. The molecule has 0 bridgehead atoms. The second-order valence-corrected chi connectivity index (χ2v) is 12.5. The average molecular weight is 629 g/mol. The molecule has 2 aliphatic rings. The molecule has 8 heteroatoms. The molecule has 240 valence electrons. The topological polar surface area (TPSA) is 113 Å². The van der Waals surface area contributed by atoms with Crippen molar-refractivity contribution in [1.82, 2.24) is 5.32 Å². The van der Waals surface area contributed by atoms with E-state index in [-0.39, 0.29) is 24.1 Å². The molecule has 8 nitrogen and oxygen atoms in total. The van der Waals surface area contributed by atoms with Gasteiger partial charge in [0.1, 0.15) is 6.04 Å². The molecule has 1 heterocycles. The first-order chi connectivity index (χ1) is 22.9. The molecule has 1 fully saturated rings. The quantitative estimate of drug-likeness (QED) is 0.173. The Hall–Kier alpha value is -5.24.